The molecule has 100 valence electrons. The van der Waals surface area contributed by atoms with Gasteiger partial charge in [0, 0.05) is 24.8 Å². The van der Waals surface area contributed by atoms with Gasteiger partial charge in [-0.25, -0.2) is 9.78 Å². The van der Waals surface area contributed by atoms with Crippen LogP contribution in [-0.4, -0.2) is 33.9 Å². The summed E-state index contributed by atoms with van der Waals surface area (Å²) < 4.78 is 0. The van der Waals surface area contributed by atoms with Crippen LogP contribution in [0.25, 0.3) is 0 Å². The van der Waals surface area contributed by atoms with Crippen LogP contribution in [0.5, 0.6) is 0 Å². The number of thiazole rings is 1. The molecule has 0 radical (unpaired) electrons. The van der Waals surface area contributed by atoms with E-state index in [2.05, 4.69) is 4.98 Å². The number of aromatic nitrogens is 1. The topological polar surface area (TPSA) is 70.5 Å². The molecule has 1 amide bonds. The lowest BCUT2D eigenvalue weighted by molar-refractivity contribution is -0.148. The first-order valence-electron chi connectivity index (χ1n) is 5.56. The fraction of sp³-hybridized carbons (Fsp3) is 0.583. The molecule has 0 aliphatic carbocycles. The Balaban J connectivity index is 3.12. The van der Waals surface area contributed by atoms with Crippen LogP contribution in [-0.2, 0) is 15.0 Å². The summed E-state index contributed by atoms with van der Waals surface area (Å²) in [5, 5.41) is 11.8. The van der Waals surface area contributed by atoms with Gasteiger partial charge < -0.3 is 10.0 Å². The van der Waals surface area contributed by atoms with Crippen LogP contribution < -0.4 is 0 Å². The van der Waals surface area contributed by atoms with Crippen LogP contribution in [0.4, 0.5) is 0 Å². The number of likely N-dealkylation sites (N-methyl/N-ethyl adjacent to an activating group) is 1. The van der Waals surface area contributed by atoms with Crippen molar-refractivity contribution in [1.82, 2.24) is 9.88 Å². The fourth-order valence-corrected chi connectivity index (χ4v) is 2.35. The number of rotatable bonds is 3. The minimum Gasteiger partial charge on any atom is -0.479 e. The summed E-state index contributed by atoms with van der Waals surface area (Å²) in [6, 6.07) is -1.02. The third kappa shape index (κ3) is 3.07. The van der Waals surface area contributed by atoms with E-state index < -0.39 is 12.0 Å². The van der Waals surface area contributed by atoms with E-state index in [1.165, 1.54) is 30.2 Å². The van der Waals surface area contributed by atoms with Gasteiger partial charge in [0.05, 0.1) is 10.7 Å². The predicted molar refractivity (Wildman–Crippen MR) is 69.6 cm³/mol. The Morgan fingerprint density at radius 2 is 2.00 bits per heavy atom. The first kappa shape index (κ1) is 14.6. The van der Waals surface area contributed by atoms with Crippen LogP contribution in [0.15, 0.2) is 5.38 Å². The smallest absolute Gasteiger partial charge is 0.332 e. The van der Waals surface area contributed by atoms with Crippen LogP contribution in [0.2, 0.25) is 0 Å². The average molecular weight is 270 g/mol. The van der Waals surface area contributed by atoms with Crippen LogP contribution in [0.1, 0.15) is 44.4 Å². The van der Waals surface area contributed by atoms with Gasteiger partial charge in [-0.1, -0.05) is 20.8 Å². The molecular formula is C12H18N2O3S. The number of carbonyl (C=O) groups is 2. The highest BCUT2D eigenvalue weighted by Crippen LogP contribution is 2.29. The zero-order chi connectivity index (χ0) is 14.1. The Labute approximate surface area is 110 Å². The zero-order valence-electron chi connectivity index (χ0n) is 11.2. The van der Waals surface area contributed by atoms with Gasteiger partial charge in [-0.2, -0.15) is 0 Å². The Kier molecular flexibility index (Phi) is 4.11. The summed E-state index contributed by atoms with van der Waals surface area (Å²) in [4.78, 5) is 28.1. The van der Waals surface area contributed by atoms with Gasteiger partial charge in [-0.05, 0) is 0 Å². The summed E-state index contributed by atoms with van der Waals surface area (Å²) in [6.07, 6.45) is 0. The molecule has 0 aliphatic rings. The molecule has 0 spiro atoms. The normalized spacial score (nSPS) is 13.2. The van der Waals surface area contributed by atoms with Crippen molar-refractivity contribution in [3.05, 3.63) is 16.1 Å². The SMILES string of the molecule is CC(=O)N(C)C(C(=O)O)c1csc(C(C)(C)C)n1. The van der Waals surface area contributed by atoms with Crippen molar-refractivity contribution in [2.45, 2.75) is 39.2 Å². The molecule has 1 aromatic heterocycles. The lowest BCUT2D eigenvalue weighted by Gasteiger charge is -2.22. The zero-order valence-corrected chi connectivity index (χ0v) is 12.0. The molecular weight excluding hydrogens is 252 g/mol. The molecule has 6 heteroatoms. The van der Waals surface area contributed by atoms with E-state index >= 15 is 0 Å². The summed E-state index contributed by atoms with van der Waals surface area (Å²) >= 11 is 1.42. The molecule has 1 unspecified atom stereocenters. The van der Waals surface area contributed by atoms with Crippen molar-refractivity contribution in [3.8, 4) is 0 Å². The molecule has 1 rings (SSSR count). The summed E-state index contributed by atoms with van der Waals surface area (Å²) in [6.45, 7) is 7.38. The van der Waals surface area contributed by atoms with E-state index in [1.54, 1.807) is 5.38 Å². The number of carboxylic acid groups (broad SMARTS) is 1. The summed E-state index contributed by atoms with van der Waals surface area (Å²) in [5.74, 6) is -1.37. The maximum Gasteiger partial charge on any atom is 0.332 e. The van der Waals surface area contributed by atoms with Crippen molar-refractivity contribution in [1.29, 1.82) is 0 Å². The third-order valence-corrected chi connectivity index (χ3v) is 3.85. The number of hydrogen-bond donors (Lipinski definition) is 1. The molecule has 1 N–H and O–H groups in total. The molecule has 1 atom stereocenters. The van der Waals surface area contributed by atoms with Crippen molar-refractivity contribution in [3.63, 3.8) is 0 Å². The van der Waals surface area contributed by atoms with Gasteiger partial charge >= 0.3 is 5.97 Å². The van der Waals surface area contributed by atoms with Crippen LogP contribution >= 0.6 is 11.3 Å². The fourth-order valence-electron chi connectivity index (χ4n) is 1.43. The second-order valence-electron chi connectivity index (χ2n) is 5.20. The Bertz CT molecular complexity index is 462. The molecule has 0 saturated heterocycles. The van der Waals surface area contributed by atoms with Crippen molar-refractivity contribution in [2.75, 3.05) is 7.05 Å². The maximum absolute atomic E-state index is 11.3. The molecule has 0 aliphatic heterocycles. The number of aliphatic carboxylic acids is 1. The predicted octanol–water partition coefficient (Wildman–Crippen LogP) is 2.04. The minimum atomic E-state index is -1.07. The van der Waals surface area contributed by atoms with Crippen molar-refractivity contribution < 1.29 is 14.7 Å². The first-order chi connectivity index (χ1) is 8.14. The number of nitrogens with zero attached hydrogens (tertiary/aromatic N) is 2. The van der Waals surface area contributed by atoms with Crippen molar-refractivity contribution >= 4 is 23.2 Å². The third-order valence-electron chi connectivity index (χ3n) is 2.56. The molecule has 0 fully saturated rings. The molecule has 1 aromatic rings. The molecule has 0 bridgehead atoms. The maximum atomic E-state index is 11.3. The van der Waals surface area contributed by atoms with Gasteiger partial charge in [0.1, 0.15) is 0 Å². The van der Waals surface area contributed by atoms with E-state index in [0.29, 0.717) is 5.69 Å². The van der Waals surface area contributed by atoms with Gasteiger partial charge in [-0.3, -0.25) is 4.79 Å². The lowest BCUT2D eigenvalue weighted by Crippen LogP contribution is -2.34. The molecule has 0 aromatic carbocycles. The molecule has 5 nitrogen and oxygen atoms in total. The van der Waals surface area contributed by atoms with Gasteiger partial charge in [-0.15, -0.1) is 11.3 Å². The second kappa shape index (κ2) is 5.06. The first-order valence-corrected chi connectivity index (χ1v) is 6.44. The number of hydrogen-bond acceptors (Lipinski definition) is 4. The Morgan fingerprint density at radius 3 is 2.33 bits per heavy atom. The van der Waals surface area contributed by atoms with Crippen LogP contribution in [0.3, 0.4) is 0 Å². The van der Waals surface area contributed by atoms with E-state index in [0.717, 1.165) is 5.01 Å². The number of amides is 1. The number of carboxylic acids is 1. The highest BCUT2D eigenvalue weighted by Gasteiger charge is 2.30. The highest BCUT2D eigenvalue weighted by molar-refractivity contribution is 7.09. The monoisotopic (exact) mass is 270 g/mol. The second-order valence-corrected chi connectivity index (χ2v) is 6.06. The molecule has 18 heavy (non-hydrogen) atoms. The average Bonchev–Trinajstić information content (AvgIpc) is 2.65. The molecule has 0 saturated carbocycles. The van der Waals surface area contributed by atoms with Crippen LogP contribution in [0, 0.1) is 0 Å². The highest BCUT2D eigenvalue weighted by atomic mass is 32.1. The standard InChI is InChI=1S/C12H18N2O3S/c1-7(15)14(5)9(10(16)17)8-6-18-11(13-8)12(2,3)4/h6,9H,1-5H3,(H,16,17). The summed E-state index contributed by atoms with van der Waals surface area (Å²) in [7, 11) is 1.47. The minimum absolute atomic E-state index is 0.124. The Morgan fingerprint density at radius 1 is 1.44 bits per heavy atom. The van der Waals surface area contributed by atoms with Gasteiger partial charge in [0.25, 0.3) is 0 Å². The quantitative estimate of drug-likeness (QED) is 0.912. The van der Waals surface area contributed by atoms with Gasteiger partial charge in [0.15, 0.2) is 6.04 Å². The van der Waals surface area contributed by atoms with E-state index in [9.17, 15) is 14.7 Å². The Hall–Kier alpha value is -1.43. The number of carbonyl (C=O) groups excluding carboxylic acids is 1. The van der Waals surface area contributed by atoms with Gasteiger partial charge in [0.2, 0.25) is 5.91 Å². The lowest BCUT2D eigenvalue weighted by atomic mass is 9.98. The largest absolute Gasteiger partial charge is 0.479 e. The summed E-state index contributed by atoms with van der Waals surface area (Å²) in [5.41, 5.74) is 0.288. The van der Waals surface area contributed by atoms with E-state index in [-0.39, 0.29) is 11.3 Å². The van der Waals surface area contributed by atoms with E-state index in [1.807, 2.05) is 20.8 Å². The molecule has 1 heterocycles. The van der Waals surface area contributed by atoms with E-state index in [4.69, 9.17) is 0 Å². The van der Waals surface area contributed by atoms with Crippen molar-refractivity contribution in [2.24, 2.45) is 0 Å².